The van der Waals surface area contributed by atoms with Crippen LogP contribution < -0.4 is 0 Å². The van der Waals surface area contributed by atoms with Crippen LogP contribution >= 0.6 is 226 Å². The third-order valence-electron chi connectivity index (χ3n) is 10.8. The number of hydrogen-bond donors (Lipinski definition) is 7. The Kier molecular flexibility index (Phi) is 23.7. The van der Waals surface area contributed by atoms with Gasteiger partial charge in [0.15, 0.2) is 34.5 Å². The zero-order chi connectivity index (χ0) is 56.2. The minimum absolute atomic E-state index is 0.102. The Morgan fingerprint density at radius 2 is 0.671 bits per heavy atom. The molecule has 10 aromatic rings. The van der Waals surface area contributed by atoms with E-state index in [2.05, 4.69) is 228 Å². The van der Waals surface area contributed by atoms with E-state index >= 15 is 0 Å². The van der Waals surface area contributed by atoms with Crippen LogP contribution in [0.15, 0.2) is 91.0 Å². The van der Waals surface area contributed by atoms with Gasteiger partial charge in [-0.3, -0.25) is 4.79 Å². The van der Waals surface area contributed by atoms with Gasteiger partial charge < -0.3 is 36.0 Å². The zero-order valence-corrected chi connectivity index (χ0v) is 61.4. The molecule has 392 valence electrons. The molecular weight excluding hydrogens is 2100 g/mol. The summed E-state index contributed by atoms with van der Waals surface area (Å²) in [5.41, 5.74) is 6.79. The fourth-order valence-corrected chi connectivity index (χ4v) is 16.4. The Morgan fingerprint density at radius 1 is 0.408 bits per heavy atom. The molecule has 5 heterocycles. The molecule has 23 heteroatoms. The fourth-order valence-electron chi connectivity index (χ4n) is 6.86. The second kappa shape index (κ2) is 28.2. The summed E-state index contributed by atoms with van der Waals surface area (Å²) in [5, 5.41) is 71.2. The lowest BCUT2D eigenvalue weighted by molar-refractivity contribution is 0.101. The van der Waals surface area contributed by atoms with Gasteiger partial charge in [-0.2, -0.15) is 0 Å². The Labute approximate surface area is 572 Å². The van der Waals surface area contributed by atoms with Crippen LogP contribution in [0, 0.1) is 55.0 Å². The van der Waals surface area contributed by atoms with Crippen molar-refractivity contribution < 1.29 is 35.4 Å². The molecular formula is C53H38I10N6O7. The number of pyridine rings is 5. The standard InChI is InChI=1S/C11H8I2N2O.C11H9I2NO2.C11H7I2NO2.2C10H7I2NO/c1-5(14)9-3-2-6-7(12)4-8(13)11(16)10(6)15-9;2*1-5(15)9-3-2-6-7(12)4-8(13)11(16)10(6)14-9;2*1-5-2-3-6-7(11)4-8(12)10(14)9(6)13-5/h2-4,14,16H,1H3;2-5,15-16H,1H3;2-4,16H,1H3;2*2-4,14H,1H3. The van der Waals surface area contributed by atoms with Gasteiger partial charge in [0.1, 0.15) is 33.3 Å². The van der Waals surface area contributed by atoms with E-state index in [0.29, 0.717) is 50.4 Å². The molecule has 0 saturated carbocycles. The highest BCUT2D eigenvalue weighted by atomic mass is 127. The molecule has 5 aromatic heterocycles. The first-order chi connectivity index (χ1) is 35.7. The molecule has 10 rings (SSSR count). The van der Waals surface area contributed by atoms with Crippen molar-refractivity contribution in [2.45, 2.75) is 40.7 Å². The summed E-state index contributed by atoms with van der Waals surface area (Å²) >= 11 is 21.6. The van der Waals surface area contributed by atoms with Crippen LogP contribution in [0.4, 0.5) is 0 Å². The smallest absolute Gasteiger partial charge is 0.178 e. The molecule has 1 unspecified atom stereocenters. The molecule has 7 N–H and O–H groups in total. The van der Waals surface area contributed by atoms with Crippen LogP contribution in [0.5, 0.6) is 28.7 Å². The topological polar surface area (TPSA) is 227 Å². The lowest BCUT2D eigenvalue weighted by Crippen LogP contribution is -1.97. The minimum atomic E-state index is -0.626. The Balaban J connectivity index is 0.000000154. The van der Waals surface area contributed by atoms with E-state index in [1.807, 2.05) is 109 Å². The van der Waals surface area contributed by atoms with E-state index in [1.165, 1.54) is 6.92 Å². The third-order valence-corrected chi connectivity index (χ3v) is 19.3. The third kappa shape index (κ3) is 15.4. The average Bonchev–Trinajstić information content (AvgIpc) is 3.37. The minimum Gasteiger partial charge on any atom is -0.505 e. The van der Waals surface area contributed by atoms with Gasteiger partial charge in [0.05, 0.1) is 41.1 Å². The maximum atomic E-state index is 11.2. The number of phenolic OH excluding ortho intramolecular Hbond substituents is 5. The quantitative estimate of drug-likeness (QED) is 0.0498. The van der Waals surface area contributed by atoms with E-state index in [4.69, 9.17) is 5.41 Å². The van der Waals surface area contributed by atoms with Gasteiger partial charge in [-0.1, -0.05) is 0 Å². The Bertz CT molecular complexity index is 3740. The number of aromatic nitrogens is 5. The van der Waals surface area contributed by atoms with Gasteiger partial charge in [0.25, 0.3) is 0 Å². The zero-order valence-electron chi connectivity index (χ0n) is 39.8. The SMILES string of the molecule is CC(=N)c1ccc2c(I)cc(I)c(O)c2n1.CC(=O)c1ccc2c(I)cc(I)c(O)c2n1.CC(O)c1ccc2c(I)cc(I)c(O)c2n1.Cc1ccc2c(I)cc(I)c(O)c2n1.Cc1ccc2c(I)cc(I)c(O)c2n1. The van der Waals surface area contributed by atoms with Crippen molar-refractivity contribution in [3.63, 3.8) is 0 Å². The van der Waals surface area contributed by atoms with Gasteiger partial charge in [-0.25, -0.2) is 24.9 Å². The molecule has 0 spiro atoms. The molecule has 0 aliphatic heterocycles. The Hall–Kier alpha value is -1.25. The molecule has 0 aliphatic carbocycles. The van der Waals surface area contributed by atoms with E-state index in [-0.39, 0.29) is 34.5 Å². The number of nitrogens with zero attached hydrogens (tertiary/aromatic N) is 5. The number of carbonyl (C=O) groups is 1. The maximum absolute atomic E-state index is 11.2. The number of aliphatic hydroxyl groups excluding tert-OH is 1. The molecule has 0 amide bonds. The number of phenols is 5. The molecule has 0 bridgehead atoms. The van der Waals surface area contributed by atoms with Crippen molar-refractivity contribution in [3.8, 4) is 28.7 Å². The molecule has 1 atom stereocenters. The fraction of sp³-hybridized carbons (Fsp3) is 0.113. The number of Topliss-reactive ketones (excluding diaryl/α,β-unsaturated/α-hetero) is 1. The number of fused-ring (bicyclic) bond motifs is 5. The molecule has 0 saturated heterocycles. The molecule has 0 radical (unpaired) electrons. The largest absolute Gasteiger partial charge is 0.505 e. The van der Waals surface area contributed by atoms with Crippen molar-refractivity contribution in [2.75, 3.05) is 0 Å². The summed E-state index contributed by atoms with van der Waals surface area (Å²) in [6, 6.07) is 28.4. The van der Waals surface area contributed by atoms with Crippen LogP contribution in [-0.4, -0.2) is 67.1 Å². The number of ketones is 1. The normalized spacial score (nSPS) is 11.2. The van der Waals surface area contributed by atoms with E-state index in [9.17, 15) is 35.4 Å². The van der Waals surface area contributed by atoms with Crippen LogP contribution in [0.25, 0.3) is 54.5 Å². The summed E-state index contributed by atoms with van der Waals surface area (Å²) in [6.07, 6.45) is -0.626. The summed E-state index contributed by atoms with van der Waals surface area (Å²) in [4.78, 5) is 32.7. The van der Waals surface area contributed by atoms with Gasteiger partial charge in [-0.15, -0.1) is 0 Å². The van der Waals surface area contributed by atoms with Crippen molar-refractivity contribution in [1.29, 1.82) is 5.41 Å². The van der Waals surface area contributed by atoms with Crippen molar-refractivity contribution in [1.82, 2.24) is 24.9 Å². The number of halogens is 10. The first kappa shape index (κ1) is 63.9. The highest BCUT2D eigenvalue weighted by Gasteiger charge is 2.16. The summed E-state index contributed by atoms with van der Waals surface area (Å²) in [5.74, 6) is 0.973. The predicted octanol–water partition coefficient (Wildman–Crippen LogP) is 17.0. The van der Waals surface area contributed by atoms with Gasteiger partial charge >= 0.3 is 0 Å². The monoisotopic (exact) mass is 2140 g/mol. The lowest BCUT2D eigenvalue weighted by Gasteiger charge is -2.09. The molecule has 0 aliphatic rings. The molecule has 76 heavy (non-hydrogen) atoms. The van der Waals surface area contributed by atoms with Gasteiger partial charge in [0.2, 0.25) is 0 Å². The summed E-state index contributed by atoms with van der Waals surface area (Å²) < 4.78 is 9.32. The van der Waals surface area contributed by atoms with Crippen LogP contribution in [0.3, 0.4) is 0 Å². The number of carbonyl (C=O) groups excluding carboxylic acids is 1. The van der Waals surface area contributed by atoms with Crippen LogP contribution in [0.2, 0.25) is 0 Å². The highest BCUT2D eigenvalue weighted by Crippen LogP contribution is 2.37. The maximum Gasteiger partial charge on any atom is 0.178 e. The summed E-state index contributed by atoms with van der Waals surface area (Å²) in [6.45, 7) is 8.65. The first-order valence-corrected chi connectivity index (χ1v) is 32.5. The second-order valence-corrected chi connectivity index (χ2v) is 27.9. The number of aryl methyl sites for hydroxylation is 2. The molecule has 5 aromatic carbocycles. The van der Waals surface area contributed by atoms with Crippen molar-refractivity contribution in [3.05, 3.63) is 155 Å². The van der Waals surface area contributed by atoms with E-state index in [0.717, 1.165) is 74.0 Å². The number of hydrogen-bond acceptors (Lipinski definition) is 13. The van der Waals surface area contributed by atoms with Crippen molar-refractivity contribution in [2.24, 2.45) is 0 Å². The average molecular weight is 2140 g/mol. The highest BCUT2D eigenvalue weighted by molar-refractivity contribution is 14.1. The number of nitrogens with one attached hydrogen (secondary N) is 1. The van der Waals surface area contributed by atoms with Gasteiger partial charge in [-0.05, 0) is 345 Å². The van der Waals surface area contributed by atoms with E-state index in [1.54, 1.807) is 32.0 Å². The van der Waals surface area contributed by atoms with Crippen molar-refractivity contribution >= 4 is 292 Å². The van der Waals surface area contributed by atoms with Crippen LogP contribution in [-0.2, 0) is 0 Å². The predicted molar refractivity (Wildman–Crippen MR) is 387 cm³/mol. The van der Waals surface area contributed by atoms with Crippen LogP contribution in [0.1, 0.15) is 60.1 Å². The van der Waals surface area contributed by atoms with Gasteiger partial charge in [0, 0.05) is 63.1 Å². The molecule has 0 fully saturated rings. The summed E-state index contributed by atoms with van der Waals surface area (Å²) in [7, 11) is 0. The molecule has 13 nitrogen and oxygen atoms in total. The van der Waals surface area contributed by atoms with E-state index < -0.39 is 6.10 Å². The first-order valence-electron chi connectivity index (χ1n) is 21.8. The second-order valence-electron chi connectivity index (χ2n) is 16.3. The number of aliphatic hydroxyl groups is 1. The number of benzene rings is 5. The Morgan fingerprint density at radius 3 is 0.974 bits per heavy atom. The number of rotatable bonds is 3. The number of aromatic hydroxyl groups is 5. The lowest BCUT2D eigenvalue weighted by atomic mass is 10.1.